The molecule has 30 nitrogen and oxygen atoms in total. The normalized spacial score (nSPS) is 26.0. The summed E-state index contributed by atoms with van der Waals surface area (Å²) in [5, 5.41) is 39.4. The monoisotopic (exact) mass is 2030 g/mol. The van der Waals surface area contributed by atoms with Gasteiger partial charge >= 0.3 is 18.0 Å². The molecule has 19 fully saturated rings. The Bertz CT molecular complexity index is 3530. The molecule has 30 heteroatoms. The van der Waals surface area contributed by atoms with E-state index in [2.05, 4.69) is 130 Å². The molecule has 1 aromatic heterocycles. The van der Waals surface area contributed by atoms with Crippen LogP contribution in [0.25, 0.3) is 0 Å². The maximum Gasteiger partial charge on any atom is 0.410 e. The standard InChI is InChI=1S/C15H29N3.C15H28N2O2.C14H26N2O2.C14H26N2.C13H26N2.C12H22N2O2.C11H21N3O.C11H23N3.C10H13N3O/c1-2-4-14(5-3-1)17-10-6-15(7-11-17)18-12-8-16-9-13-18;1-15(2,3)19-14(18)17-10-6-13(7-11-17)12-4-8-16-9-5-12;1-2-18-14(17)11-16-9-5-13(6-10-16)12-3-7-15-8-4-12;1-2-12(1)11-16-9-5-14(6-10-16)13-3-7-15-8-4-13;1-11(2)15-9-5-13(6-10-15)12-3-7-14-8-4-12;15-12(16)9-14-7-3-11(4-8-14)10-1-5-13-6-2-10;1-13-6-8-14(9-7-13)11(15)10-2-4-12-5-3-10;1-13-7-2-8-14(10-9-13)11-3-5-12-6-4-11;14-10(9-1-3-11-4-2-9)13-7-5-12-6-8-13/h14-16H,1-13H2;12-13,16H,4-11H2,1-3H3;12-13,15H,2-11H2,1H3;12-15H,1-11H2;11-14H,3-10H2,1-2H3;10-11,13H,1-9H2,(H,15,16);10,12H,2-9H2,1H3;11-12H,2-10H2,1H3;1-4,12H,5-8H2. The summed E-state index contributed by atoms with van der Waals surface area (Å²) in [5.41, 5.74) is 0.338. The van der Waals surface area contributed by atoms with Gasteiger partial charge in [0.2, 0.25) is 5.91 Å². The fraction of sp³-hybridized carbons (Fsp3) is 0.913. The lowest BCUT2D eigenvalue weighted by atomic mass is 9.79. The number of rotatable bonds is 18. The second-order valence-electron chi connectivity index (χ2n) is 48.2. The molecule has 18 heterocycles. The Morgan fingerprint density at radius 3 is 1.15 bits per heavy atom. The summed E-state index contributed by atoms with van der Waals surface area (Å²) >= 11 is 0. The van der Waals surface area contributed by atoms with E-state index in [1.165, 1.54) is 356 Å². The number of carboxylic acid groups (broad SMARTS) is 1. The molecule has 145 heavy (non-hydrogen) atoms. The number of esters is 1. The molecule has 0 radical (unpaired) electrons. The lowest BCUT2D eigenvalue weighted by molar-refractivity contribution is -0.145. The number of ether oxygens (including phenoxy) is 2. The van der Waals surface area contributed by atoms with E-state index in [4.69, 9.17) is 14.6 Å². The lowest BCUT2D eigenvalue weighted by Crippen LogP contribution is -2.53. The van der Waals surface area contributed by atoms with Crippen LogP contribution in [0.1, 0.15) is 270 Å². The molecule has 0 aromatic carbocycles. The summed E-state index contributed by atoms with van der Waals surface area (Å²) in [7, 11) is 4.36. The molecule has 1 aromatic rings. The highest BCUT2D eigenvalue weighted by atomic mass is 16.6. The molecule has 2 aliphatic carbocycles. The van der Waals surface area contributed by atoms with Crippen LogP contribution in [-0.4, -0.2) is 444 Å². The average molecular weight is 2030 g/mol. The predicted octanol–water partition coefficient (Wildman–Crippen LogP) is 10.8. The summed E-state index contributed by atoms with van der Waals surface area (Å²) in [6, 6.07) is 6.94. The zero-order valence-electron chi connectivity index (χ0n) is 93.2. The number of aliphatic carboxylic acids is 1. The van der Waals surface area contributed by atoms with Crippen molar-refractivity contribution in [1.82, 2.24) is 112 Å². The van der Waals surface area contributed by atoms with Crippen molar-refractivity contribution in [2.75, 3.05) is 315 Å². The van der Waals surface area contributed by atoms with Crippen LogP contribution in [0.5, 0.6) is 0 Å². The molecule has 20 rings (SSSR count). The van der Waals surface area contributed by atoms with Crippen molar-refractivity contribution in [2.45, 2.75) is 290 Å². The van der Waals surface area contributed by atoms with Crippen molar-refractivity contribution in [3.05, 3.63) is 30.1 Å². The molecule has 0 atom stereocenters. The molecule has 10 N–H and O–H groups in total. The average Bonchev–Trinajstić information content (AvgIpc) is 1.65. The van der Waals surface area contributed by atoms with E-state index in [1.807, 2.05) is 37.5 Å². The van der Waals surface area contributed by atoms with E-state index in [9.17, 15) is 24.0 Å². The molecule has 0 spiro atoms. The first-order chi connectivity index (χ1) is 70.6. The summed E-state index contributed by atoms with van der Waals surface area (Å²) in [6.45, 7) is 62.7. The highest BCUT2D eigenvalue weighted by Gasteiger charge is 2.39. The number of piperidine rings is 13. The second-order valence-corrected chi connectivity index (χ2v) is 48.2. The number of carbonyl (C=O) groups is 5. The molecule has 2 saturated carbocycles. The summed E-state index contributed by atoms with van der Waals surface area (Å²) in [4.78, 5) is 90.4. The maximum atomic E-state index is 12.1. The Morgan fingerprint density at radius 1 is 0.352 bits per heavy atom. The van der Waals surface area contributed by atoms with E-state index in [1.54, 1.807) is 24.5 Å². The summed E-state index contributed by atoms with van der Waals surface area (Å²) < 4.78 is 10.4. The fourth-order valence-electron chi connectivity index (χ4n) is 27.0. The van der Waals surface area contributed by atoms with Crippen LogP contribution >= 0.6 is 0 Å². The number of hydrogen-bond donors (Lipinski definition) is 10. The Labute approximate surface area is 881 Å². The number of likely N-dealkylation sites (tertiary alicyclic amines) is 6. The number of piperazine rings is 3. The van der Waals surface area contributed by atoms with Gasteiger partial charge in [-0.2, -0.15) is 0 Å². The van der Waals surface area contributed by atoms with E-state index in [-0.39, 0.29) is 36.0 Å². The number of aromatic nitrogens is 1. The topological polar surface area (TPSA) is 284 Å². The Morgan fingerprint density at radius 2 is 0.717 bits per heavy atom. The molecule has 832 valence electrons. The van der Waals surface area contributed by atoms with Crippen molar-refractivity contribution < 1.29 is 38.6 Å². The summed E-state index contributed by atoms with van der Waals surface area (Å²) in [5.74, 6) is 10.4. The van der Waals surface area contributed by atoms with Crippen LogP contribution in [0, 0.1) is 71.0 Å². The zero-order valence-corrected chi connectivity index (χ0v) is 93.2. The number of nitrogens with zero attached hydrogens (tertiary/aromatic N) is 13. The van der Waals surface area contributed by atoms with Crippen molar-refractivity contribution in [3.63, 3.8) is 0 Å². The molecule has 17 aliphatic heterocycles. The zero-order chi connectivity index (χ0) is 102. The minimum Gasteiger partial charge on any atom is -0.480 e. The van der Waals surface area contributed by atoms with Gasteiger partial charge in [-0.3, -0.25) is 43.8 Å². The van der Waals surface area contributed by atoms with Crippen molar-refractivity contribution in [2.24, 2.45) is 71.0 Å². The van der Waals surface area contributed by atoms with Crippen molar-refractivity contribution in [1.29, 1.82) is 0 Å². The van der Waals surface area contributed by atoms with E-state index >= 15 is 0 Å². The van der Waals surface area contributed by atoms with Gasteiger partial charge in [-0.25, -0.2) is 4.79 Å². The highest BCUT2D eigenvalue weighted by molar-refractivity contribution is 5.94. The van der Waals surface area contributed by atoms with Crippen LogP contribution in [-0.2, 0) is 23.9 Å². The van der Waals surface area contributed by atoms with Crippen LogP contribution in [0.2, 0.25) is 0 Å². The van der Waals surface area contributed by atoms with Gasteiger partial charge in [0.1, 0.15) is 5.60 Å². The van der Waals surface area contributed by atoms with Gasteiger partial charge < -0.3 is 102 Å². The lowest BCUT2D eigenvalue weighted by Gasteiger charge is -2.43. The maximum absolute atomic E-state index is 12.1. The molecular formula is C115H214N22O8. The number of nitrogens with one attached hydrogen (secondary N) is 9. The molecule has 17 saturated heterocycles. The third-order valence-corrected chi connectivity index (χ3v) is 36.5. The Hall–Kier alpha value is -4.42. The molecule has 19 aliphatic rings. The largest absolute Gasteiger partial charge is 0.480 e. The smallest absolute Gasteiger partial charge is 0.410 e. The number of carbonyl (C=O) groups excluding carboxylic acids is 4. The van der Waals surface area contributed by atoms with Gasteiger partial charge in [0.25, 0.3) is 5.91 Å². The SMILES string of the molecule is C1CC(C2CCN(CC3CC3)CC2)CCN1.C1CCC(N2CCC(N3CCNCC3)CC2)CC1.CC(C)(C)OC(=O)N1CCC(C2CCNCC2)CC1.CC(C)N1CCC(C2CCNCC2)CC1.CCOC(=O)CN1CCC(C2CCNCC2)CC1.CN1CCCN(C2CCNCC2)CC1.CN1CCN(C(=O)C2CCNCC2)CC1.O=C(O)CN1CCC(C2CCNCC2)CC1.O=C(c1ccncc1)N1CCNCC1. The van der Waals surface area contributed by atoms with Gasteiger partial charge in [-0.05, 0) is 502 Å². The molecular weight excluding hydrogens is 1820 g/mol. The minimum atomic E-state index is -0.694. The second kappa shape index (κ2) is 67.3. The van der Waals surface area contributed by atoms with Crippen LogP contribution in [0.15, 0.2) is 24.5 Å². The fourth-order valence-corrected chi connectivity index (χ4v) is 27.0. The van der Waals surface area contributed by atoms with Gasteiger partial charge in [0, 0.05) is 159 Å². The number of likely N-dealkylation sites (N-methyl/N-ethyl adjacent to an activating group) is 2. The number of hydrogen-bond acceptors (Lipinski definition) is 26. The van der Waals surface area contributed by atoms with E-state index in [0.29, 0.717) is 19.1 Å². The third kappa shape index (κ3) is 44.5. The molecule has 0 unspecified atom stereocenters. The van der Waals surface area contributed by atoms with Crippen LogP contribution < -0.4 is 47.9 Å². The Balaban J connectivity index is 0.000000145. The van der Waals surface area contributed by atoms with Crippen LogP contribution in [0.4, 0.5) is 4.79 Å². The number of amides is 3. The van der Waals surface area contributed by atoms with Gasteiger partial charge in [-0.15, -0.1) is 0 Å². The highest BCUT2D eigenvalue weighted by Crippen LogP contribution is 2.39. The quantitative estimate of drug-likeness (QED) is 0.0612. The first-order valence-corrected chi connectivity index (χ1v) is 60.3. The third-order valence-electron chi connectivity index (χ3n) is 36.5. The Kier molecular flexibility index (Phi) is 55.3. The van der Waals surface area contributed by atoms with E-state index in [0.717, 1.165) is 238 Å². The van der Waals surface area contributed by atoms with Crippen LogP contribution in [0.3, 0.4) is 0 Å². The summed E-state index contributed by atoms with van der Waals surface area (Å²) in [6.07, 6.45) is 49.1. The van der Waals surface area contributed by atoms with E-state index < -0.39 is 5.97 Å². The first kappa shape index (κ1) is 119. The van der Waals surface area contributed by atoms with Gasteiger partial charge in [0.15, 0.2) is 0 Å². The first-order valence-electron chi connectivity index (χ1n) is 60.3. The number of pyridine rings is 1. The predicted molar refractivity (Wildman–Crippen MR) is 591 cm³/mol. The minimum absolute atomic E-state index is 0.0715. The molecule has 0 bridgehead atoms. The molecule has 3 amide bonds. The van der Waals surface area contributed by atoms with Crippen molar-refractivity contribution >= 4 is 29.8 Å². The van der Waals surface area contributed by atoms with Gasteiger partial charge in [0.05, 0.1) is 19.7 Å². The van der Waals surface area contributed by atoms with Gasteiger partial charge in [-0.1, -0.05) is 19.3 Å². The number of carboxylic acids is 1. The van der Waals surface area contributed by atoms with Crippen molar-refractivity contribution in [3.8, 4) is 0 Å².